The van der Waals surface area contributed by atoms with E-state index in [4.69, 9.17) is 25.1 Å². The highest BCUT2D eigenvalue weighted by Gasteiger charge is 2.50. The summed E-state index contributed by atoms with van der Waals surface area (Å²) in [4.78, 5) is 10.9. The van der Waals surface area contributed by atoms with Gasteiger partial charge in [0.15, 0.2) is 12.5 Å². The number of nitrogens with two attached hydrogens (primary N) is 1. The minimum Gasteiger partial charge on any atom is -0.394 e. The number of aliphatic hydroxyl groups excluding tert-OH is 7. The SMILES string of the molecule is N[13C](=O)N[C@@H]1O[C@H](CO)[C@@H](O[C@@H]2O[C@H](CO)[C@@H](O)[C@H](O)[C@H]2O)[C@H](O)[C@H]1O. The van der Waals surface area contributed by atoms with E-state index in [9.17, 15) is 35.4 Å². The van der Waals surface area contributed by atoms with Crippen LogP contribution in [0, 0.1) is 0 Å². The molecule has 2 aliphatic heterocycles. The van der Waals surface area contributed by atoms with Gasteiger partial charge in [-0.2, -0.15) is 0 Å². The molecule has 0 aromatic rings. The van der Waals surface area contributed by atoms with Gasteiger partial charge in [-0.3, -0.25) is 0 Å². The standard InChI is InChI=1S/C13H24N2O11/c14-13(23)15-11-8(21)7(20)10(4(2-17)24-11)26-12-9(22)6(19)5(18)3(1-16)25-12/h3-12,16-22H,1-2H2,(H3,14,15,23)/t3-,4-,5-,6+,7-,8-,9-,10-,11-,12+/m1/s1/i13+1. The molecule has 0 bridgehead atoms. The molecule has 26 heavy (non-hydrogen) atoms. The molecule has 2 saturated heterocycles. The first-order valence-corrected chi connectivity index (χ1v) is 7.85. The molecule has 0 aromatic heterocycles. The van der Waals surface area contributed by atoms with Crippen molar-refractivity contribution in [1.82, 2.24) is 5.32 Å². The Labute approximate surface area is 147 Å². The molecule has 0 unspecified atom stereocenters. The van der Waals surface area contributed by atoms with Gasteiger partial charge in [-0.1, -0.05) is 0 Å². The lowest BCUT2D eigenvalue weighted by Crippen LogP contribution is -2.66. The van der Waals surface area contributed by atoms with Crippen molar-refractivity contribution < 1.29 is 54.8 Å². The molecule has 0 spiro atoms. The Balaban J connectivity index is 2.12. The van der Waals surface area contributed by atoms with E-state index >= 15 is 0 Å². The van der Waals surface area contributed by atoms with Crippen LogP contribution in [-0.2, 0) is 14.2 Å². The van der Waals surface area contributed by atoms with Gasteiger partial charge in [0, 0.05) is 0 Å². The second-order valence-corrected chi connectivity index (χ2v) is 6.07. The second kappa shape index (κ2) is 8.71. The van der Waals surface area contributed by atoms with Crippen molar-refractivity contribution in [1.29, 1.82) is 0 Å². The molecular weight excluding hydrogens is 361 g/mol. The minimum absolute atomic E-state index is 0.689. The summed E-state index contributed by atoms with van der Waals surface area (Å²) in [7, 11) is 0. The Morgan fingerprint density at radius 3 is 2.04 bits per heavy atom. The van der Waals surface area contributed by atoms with Crippen LogP contribution in [0.4, 0.5) is 4.79 Å². The smallest absolute Gasteiger partial charge is 0.314 e. The first-order valence-electron chi connectivity index (χ1n) is 7.85. The number of primary amides is 1. The highest BCUT2D eigenvalue weighted by Crippen LogP contribution is 2.28. The number of amides is 2. The molecule has 0 aliphatic carbocycles. The molecule has 2 aliphatic rings. The maximum Gasteiger partial charge on any atom is 0.314 e. The summed E-state index contributed by atoms with van der Waals surface area (Å²) in [5.74, 6) is 0. The fourth-order valence-corrected chi connectivity index (χ4v) is 2.85. The predicted molar refractivity (Wildman–Crippen MR) is 79.1 cm³/mol. The lowest BCUT2D eigenvalue weighted by Gasteiger charge is -2.46. The van der Waals surface area contributed by atoms with E-state index in [1.165, 1.54) is 0 Å². The molecule has 2 rings (SSSR count). The summed E-state index contributed by atoms with van der Waals surface area (Å²) in [5.41, 5.74) is 4.93. The summed E-state index contributed by atoms with van der Waals surface area (Å²) >= 11 is 0. The summed E-state index contributed by atoms with van der Waals surface area (Å²) < 4.78 is 15.7. The minimum atomic E-state index is -1.75. The van der Waals surface area contributed by atoms with Gasteiger partial charge in [-0.15, -0.1) is 0 Å². The van der Waals surface area contributed by atoms with Gasteiger partial charge >= 0.3 is 6.03 Å². The fraction of sp³-hybridized carbons (Fsp3) is 0.923. The molecule has 2 heterocycles. The molecule has 152 valence electrons. The van der Waals surface area contributed by atoms with Gasteiger partial charge in [0.25, 0.3) is 0 Å². The van der Waals surface area contributed by atoms with Gasteiger partial charge in [0.05, 0.1) is 13.2 Å². The van der Waals surface area contributed by atoms with Gasteiger partial charge in [-0.25, -0.2) is 4.79 Å². The first kappa shape index (κ1) is 21.2. The zero-order chi connectivity index (χ0) is 19.6. The fourth-order valence-electron chi connectivity index (χ4n) is 2.85. The average molecular weight is 385 g/mol. The molecule has 10 atom stereocenters. The van der Waals surface area contributed by atoms with Crippen molar-refractivity contribution in [3.05, 3.63) is 0 Å². The second-order valence-electron chi connectivity index (χ2n) is 6.07. The summed E-state index contributed by atoms with van der Waals surface area (Å²) in [6.07, 6.45) is -15.5. The number of hydrogen-bond donors (Lipinski definition) is 9. The third kappa shape index (κ3) is 4.23. The molecule has 13 heteroatoms. The number of nitrogens with one attached hydrogen (secondary N) is 1. The molecule has 0 radical (unpaired) electrons. The third-order valence-corrected chi connectivity index (χ3v) is 4.29. The molecule has 13 nitrogen and oxygen atoms in total. The molecule has 2 amide bonds. The monoisotopic (exact) mass is 385 g/mol. The first-order chi connectivity index (χ1) is 12.2. The van der Waals surface area contributed by atoms with Crippen molar-refractivity contribution in [3.8, 4) is 0 Å². The number of ether oxygens (including phenoxy) is 3. The number of rotatable bonds is 5. The van der Waals surface area contributed by atoms with Crippen LogP contribution < -0.4 is 11.1 Å². The quantitative estimate of drug-likeness (QED) is 0.203. The number of carbonyl (C=O) groups is 1. The number of hydrogen-bond acceptors (Lipinski definition) is 11. The molecule has 2 fully saturated rings. The molecule has 0 aromatic carbocycles. The normalized spacial score (nSPS) is 46.7. The van der Waals surface area contributed by atoms with Crippen LogP contribution in [0.25, 0.3) is 0 Å². The zero-order valence-electron chi connectivity index (χ0n) is 13.5. The van der Waals surface area contributed by atoms with E-state index in [1.807, 2.05) is 5.32 Å². The highest BCUT2D eigenvalue weighted by atomic mass is 16.7. The van der Waals surface area contributed by atoms with E-state index in [2.05, 4.69) is 0 Å². The average Bonchev–Trinajstić information content (AvgIpc) is 2.60. The summed E-state index contributed by atoms with van der Waals surface area (Å²) in [6, 6.07) is -1.04. The van der Waals surface area contributed by atoms with Crippen molar-refractivity contribution >= 4 is 6.03 Å². The summed E-state index contributed by atoms with van der Waals surface area (Å²) in [6.45, 7) is -1.39. The lowest BCUT2D eigenvalue weighted by atomic mass is 9.96. The van der Waals surface area contributed by atoms with E-state index in [0.29, 0.717) is 0 Å². The molecule has 0 saturated carbocycles. The third-order valence-electron chi connectivity index (χ3n) is 4.29. The van der Waals surface area contributed by atoms with E-state index in [1.54, 1.807) is 0 Å². The van der Waals surface area contributed by atoms with Crippen LogP contribution in [-0.4, -0.2) is 116 Å². The Hall–Kier alpha value is -1.13. The number of aliphatic hydroxyl groups is 7. The van der Waals surface area contributed by atoms with E-state index < -0.39 is 80.6 Å². The zero-order valence-corrected chi connectivity index (χ0v) is 13.5. The highest BCUT2D eigenvalue weighted by molar-refractivity contribution is 5.71. The Morgan fingerprint density at radius 1 is 0.885 bits per heavy atom. The summed E-state index contributed by atoms with van der Waals surface area (Å²) in [5, 5.41) is 70.3. The van der Waals surface area contributed by atoms with Crippen LogP contribution in [0.15, 0.2) is 0 Å². The van der Waals surface area contributed by atoms with Crippen LogP contribution in [0.3, 0.4) is 0 Å². The van der Waals surface area contributed by atoms with Gasteiger partial charge < -0.3 is 61.0 Å². The van der Waals surface area contributed by atoms with E-state index in [0.717, 1.165) is 0 Å². The predicted octanol–water partition coefficient (Wildman–Crippen LogP) is -5.72. The lowest BCUT2D eigenvalue weighted by molar-refractivity contribution is -0.342. The molecule has 10 N–H and O–H groups in total. The largest absolute Gasteiger partial charge is 0.394 e. The van der Waals surface area contributed by atoms with Crippen molar-refractivity contribution in [2.45, 2.75) is 61.3 Å². The van der Waals surface area contributed by atoms with Crippen LogP contribution in [0.1, 0.15) is 0 Å². The van der Waals surface area contributed by atoms with Crippen LogP contribution in [0.5, 0.6) is 0 Å². The van der Waals surface area contributed by atoms with Crippen LogP contribution in [0.2, 0.25) is 0 Å². The van der Waals surface area contributed by atoms with Gasteiger partial charge in [-0.05, 0) is 0 Å². The number of carbonyl (C=O) groups excluding carboxylic acids is 1. The maximum atomic E-state index is 10.9. The Morgan fingerprint density at radius 2 is 1.50 bits per heavy atom. The Bertz CT molecular complexity index is 479. The van der Waals surface area contributed by atoms with Gasteiger partial charge in [0.1, 0.15) is 48.8 Å². The van der Waals surface area contributed by atoms with Gasteiger partial charge in [0.2, 0.25) is 0 Å². The maximum absolute atomic E-state index is 10.9. The van der Waals surface area contributed by atoms with Crippen molar-refractivity contribution in [2.75, 3.05) is 13.2 Å². The molecular formula is C13H24N2O11. The van der Waals surface area contributed by atoms with E-state index in [-0.39, 0.29) is 0 Å². The van der Waals surface area contributed by atoms with Crippen molar-refractivity contribution in [3.63, 3.8) is 0 Å². The number of urea groups is 1. The van der Waals surface area contributed by atoms with Crippen LogP contribution >= 0.6 is 0 Å². The van der Waals surface area contributed by atoms with Crippen molar-refractivity contribution in [2.24, 2.45) is 5.73 Å². The topological polar surface area (TPSA) is 224 Å². The Kier molecular flexibility index (Phi) is 7.09.